The molecule has 1 aliphatic rings. The zero-order chi connectivity index (χ0) is 44.8. The van der Waals surface area contributed by atoms with Crippen molar-refractivity contribution in [1.29, 1.82) is 0 Å². The number of unbranched alkanes of at least 4 members (excludes halogenated alkanes) is 26. The van der Waals surface area contributed by atoms with Crippen LogP contribution in [0.4, 0.5) is 0 Å². The summed E-state index contributed by atoms with van der Waals surface area (Å²) in [6.07, 6.45) is 33.7. The molecule has 11 heteroatoms. The highest BCUT2D eigenvalue weighted by molar-refractivity contribution is 5.80. The Balaban J connectivity index is 2.40. The average molecular weight is 870 g/mol. The third-order valence-corrected chi connectivity index (χ3v) is 12.2. The van der Waals surface area contributed by atoms with Crippen molar-refractivity contribution in [2.45, 2.75) is 274 Å². The Morgan fingerprint density at radius 2 is 0.984 bits per heavy atom. The lowest BCUT2D eigenvalue weighted by atomic mass is 9.98. The van der Waals surface area contributed by atoms with Crippen LogP contribution < -0.4 is 5.32 Å². The van der Waals surface area contributed by atoms with E-state index in [0.717, 1.165) is 38.5 Å². The summed E-state index contributed by atoms with van der Waals surface area (Å²) in [6, 6.07) is -1.19. The highest BCUT2D eigenvalue weighted by Crippen LogP contribution is 2.23. The first-order valence-corrected chi connectivity index (χ1v) is 25.2. The summed E-state index contributed by atoms with van der Waals surface area (Å²) in [5, 5.41) is 75.7. The van der Waals surface area contributed by atoms with Crippen LogP contribution in [0.25, 0.3) is 0 Å². The molecule has 0 spiro atoms. The lowest BCUT2D eigenvalue weighted by molar-refractivity contribution is -0.303. The summed E-state index contributed by atoms with van der Waals surface area (Å²) in [7, 11) is 0. The molecule has 0 aliphatic carbocycles. The van der Waals surface area contributed by atoms with Crippen molar-refractivity contribution in [3.8, 4) is 0 Å². The molecule has 0 aromatic rings. The van der Waals surface area contributed by atoms with Crippen LogP contribution in [0, 0.1) is 0 Å². The van der Waals surface area contributed by atoms with Crippen molar-refractivity contribution in [1.82, 2.24) is 5.32 Å². The van der Waals surface area contributed by atoms with Gasteiger partial charge in [0.1, 0.15) is 36.6 Å². The summed E-state index contributed by atoms with van der Waals surface area (Å²) in [5.41, 5.74) is 0. The Morgan fingerprint density at radius 1 is 0.557 bits per heavy atom. The number of nitrogens with one attached hydrogen (secondary N) is 1. The van der Waals surface area contributed by atoms with Gasteiger partial charge in [-0.25, -0.2) is 0 Å². The van der Waals surface area contributed by atoms with E-state index in [2.05, 4.69) is 43.5 Å². The van der Waals surface area contributed by atoms with E-state index in [0.29, 0.717) is 19.3 Å². The van der Waals surface area contributed by atoms with Crippen molar-refractivity contribution in [3.05, 3.63) is 24.3 Å². The number of allylic oxidation sites excluding steroid dienone is 4. The molecule has 61 heavy (non-hydrogen) atoms. The van der Waals surface area contributed by atoms with Crippen LogP contribution in [0.15, 0.2) is 24.3 Å². The maximum Gasteiger partial charge on any atom is 0.249 e. The minimum absolute atomic E-state index is 0.248. The van der Waals surface area contributed by atoms with Gasteiger partial charge in [0.2, 0.25) is 5.91 Å². The molecule has 1 amide bonds. The maximum atomic E-state index is 13.1. The Hall–Kier alpha value is -1.41. The van der Waals surface area contributed by atoms with E-state index in [1.54, 1.807) is 0 Å². The van der Waals surface area contributed by atoms with Crippen molar-refractivity contribution < 1.29 is 50.0 Å². The van der Waals surface area contributed by atoms with Crippen molar-refractivity contribution in [2.75, 3.05) is 13.2 Å². The Kier molecular flexibility index (Phi) is 37.9. The zero-order valence-electron chi connectivity index (χ0n) is 38.9. The van der Waals surface area contributed by atoms with Crippen LogP contribution in [0.1, 0.15) is 219 Å². The van der Waals surface area contributed by atoms with E-state index >= 15 is 0 Å². The number of hydrogen-bond donors (Lipinski definition) is 8. The lowest BCUT2D eigenvalue weighted by Crippen LogP contribution is -2.60. The second-order valence-electron chi connectivity index (χ2n) is 17.9. The molecule has 0 radical (unpaired) electrons. The molecule has 8 N–H and O–H groups in total. The highest BCUT2D eigenvalue weighted by atomic mass is 16.7. The van der Waals surface area contributed by atoms with E-state index in [1.807, 2.05) is 0 Å². The quantitative estimate of drug-likeness (QED) is 0.0217. The summed E-state index contributed by atoms with van der Waals surface area (Å²) in [6.45, 7) is 3.42. The molecule has 1 rings (SSSR count). The molecule has 1 aliphatic heterocycles. The Morgan fingerprint density at radius 3 is 1.46 bits per heavy atom. The van der Waals surface area contributed by atoms with Crippen LogP contribution in [0.2, 0.25) is 0 Å². The first-order valence-electron chi connectivity index (χ1n) is 25.2. The smallest absolute Gasteiger partial charge is 0.249 e. The monoisotopic (exact) mass is 870 g/mol. The third-order valence-electron chi connectivity index (χ3n) is 12.2. The van der Waals surface area contributed by atoms with Gasteiger partial charge in [-0.15, -0.1) is 0 Å². The minimum Gasteiger partial charge on any atom is -0.394 e. The second-order valence-corrected chi connectivity index (χ2v) is 17.9. The van der Waals surface area contributed by atoms with Gasteiger partial charge < -0.3 is 50.5 Å². The van der Waals surface area contributed by atoms with E-state index in [9.17, 15) is 40.5 Å². The molecule has 1 heterocycles. The molecule has 11 nitrogen and oxygen atoms in total. The van der Waals surface area contributed by atoms with Gasteiger partial charge in [0.25, 0.3) is 0 Å². The highest BCUT2D eigenvalue weighted by Gasteiger charge is 2.44. The molecule has 1 saturated heterocycles. The van der Waals surface area contributed by atoms with Crippen molar-refractivity contribution in [3.63, 3.8) is 0 Å². The molecule has 0 aromatic carbocycles. The third kappa shape index (κ3) is 29.6. The molecule has 0 saturated carbocycles. The van der Waals surface area contributed by atoms with Gasteiger partial charge in [0.15, 0.2) is 6.29 Å². The number of ether oxygens (including phenoxy) is 2. The molecular formula is C50H95NO10. The molecule has 0 aromatic heterocycles. The van der Waals surface area contributed by atoms with Crippen LogP contribution in [-0.4, -0.2) is 110 Å². The number of aliphatic hydroxyl groups excluding tert-OH is 7. The molecule has 9 atom stereocenters. The summed E-state index contributed by atoms with van der Waals surface area (Å²) in [4.78, 5) is 13.1. The van der Waals surface area contributed by atoms with Crippen LogP contribution in [0.5, 0.6) is 0 Å². The molecule has 0 bridgehead atoms. The normalized spacial score (nSPS) is 21.6. The predicted molar refractivity (Wildman–Crippen MR) is 247 cm³/mol. The van der Waals surface area contributed by atoms with Gasteiger partial charge in [0.05, 0.1) is 25.4 Å². The lowest BCUT2D eigenvalue weighted by Gasteiger charge is -2.40. The van der Waals surface area contributed by atoms with Crippen LogP contribution in [0.3, 0.4) is 0 Å². The molecule has 1 fully saturated rings. The van der Waals surface area contributed by atoms with Gasteiger partial charge >= 0.3 is 0 Å². The number of aliphatic hydroxyl groups is 7. The van der Waals surface area contributed by atoms with Gasteiger partial charge in [-0.3, -0.25) is 4.79 Å². The van der Waals surface area contributed by atoms with E-state index in [-0.39, 0.29) is 12.8 Å². The molecular weight excluding hydrogens is 775 g/mol. The fraction of sp³-hybridized carbons (Fsp3) is 0.900. The predicted octanol–water partition coefficient (Wildman–Crippen LogP) is 9.01. The van der Waals surface area contributed by atoms with E-state index in [1.165, 1.54) is 135 Å². The van der Waals surface area contributed by atoms with Crippen LogP contribution >= 0.6 is 0 Å². The summed E-state index contributed by atoms with van der Waals surface area (Å²) >= 11 is 0. The second kappa shape index (κ2) is 40.1. The number of amides is 1. The summed E-state index contributed by atoms with van der Waals surface area (Å²) < 4.78 is 11.1. The number of hydrogen-bond acceptors (Lipinski definition) is 10. The topological polar surface area (TPSA) is 189 Å². The van der Waals surface area contributed by atoms with Gasteiger partial charge in [0, 0.05) is 0 Å². The fourth-order valence-electron chi connectivity index (χ4n) is 8.05. The first kappa shape index (κ1) is 57.6. The Labute approximate surface area is 372 Å². The first-order chi connectivity index (χ1) is 29.7. The number of carbonyl (C=O) groups is 1. The standard InChI is InChI=1S/C50H95NO10/c1-3-5-7-9-11-13-15-17-19-20-21-22-23-24-26-28-30-32-34-36-38-43(54)49(59)51-41(40-60-50-48(58)47(57)46(56)44(39-52)61-50)45(55)42(53)37-35-33-31-29-27-25-18-16-14-12-10-8-6-4-2/h16,18,29,31,41-48,50,52-58H,3-15,17,19-28,30,32-40H2,1-2H3,(H,51,59)/b18-16+,31-29+. The van der Waals surface area contributed by atoms with Crippen molar-refractivity contribution in [2.24, 2.45) is 0 Å². The molecule has 360 valence electrons. The zero-order valence-corrected chi connectivity index (χ0v) is 38.9. The summed E-state index contributed by atoms with van der Waals surface area (Å²) in [5.74, 6) is -0.708. The Bertz CT molecular complexity index is 1040. The van der Waals surface area contributed by atoms with Gasteiger partial charge in [-0.05, 0) is 51.4 Å². The largest absolute Gasteiger partial charge is 0.394 e. The van der Waals surface area contributed by atoms with Gasteiger partial charge in [-0.1, -0.05) is 192 Å². The van der Waals surface area contributed by atoms with Crippen molar-refractivity contribution >= 4 is 5.91 Å². The van der Waals surface area contributed by atoms with E-state index in [4.69, 9.17) is 9.47 Å². The molecule has 9 unspecified atom stereocenters. The maximum absolute atomic E-state index is 13.1. The number of rotatable bonds is 42. The fourth-order valence-corrected chi connectivity index (χ4v) is 8.05. The van der Waals surface area contributed by atoms with E-state index < -0.39 is 74.2 Å². The van der Waals surface area contributed by atoms with Gasteiger partial charge in [-0.2, -0.15) is 0 Å². The SMILES string of the molecule is CCCCCCC/C=C/CC/C=C/CCCC(O)C(O)C(COC1OC(CO)C(O)C(O)C1O)NC(=O)C(O)CCCCCCCCCCCCCCCCCCCCCC. The number of carbonyl (C=O) groups excluding carboxylic acids is 1. The average Bonchev–Trinajstić information content (AvgIpc) is 3.26. The van der Waals surface area contributed by atoms with Crippen LogP contribution in [-0.2, 0) is 14.3 Å². The minimum atomic E-state index is -1.67.